The first kappa shape index (κ1) is 26.4. The minimum absolute atomic E-state index is 0.228. The molecule has 1 aliphatic rings. The molecule has 0 saturated carbocycles. The van der Waals surface area contributed by atoms with Crippen molar-refractivity contribution in [2.45, 2.75) is 60.9 Å². The van der Waals surface area contributed by atoms with Gasteiger partial charge in [-0.2, -0.15) is 0 Å². The second kappa shape index (κ2) is 13.0. The number of hydrogen-bond acceptors (Lipinski definition) is 6. The Kier molecular flexibility index (Phi) is 11.8. The lowest BCUT2D eigenvalue weighted by molar-refractivity contribution is 0.0597. The molecule has 0 aromatic rings. The Bertz CT molecular complexity index is 550. The summed E-state index contributed by atoms with van der Waals surface area (Å²) in [6.45, 7) is 19.0. The zero-order valence-electron chi connectivity index (χ0n) is 19.5. The van der Waals surface area contributed by atoms with Crippen molar-refractivity contribution < 1.29 is 26.6 Å². The highest BCUT2D eigenvalue weighted by molar-refractivity contribution is 6.75. The average molecular weight is 445 g/mol. The number of rotatable bonds is 14. The SMILES string of the molecule is CCO[Si](OCC)(OCC)C1=CC=CC(=C(C)C)C1[Si](OCC)(OCC)OCC. The Morgan fingerprint density at radius 2 is 1.14 bits per heavy atom. The predicted molar refractivity (Wildman–Crippen MR) is 121 cm³/mol. The molecule has 0 aromatic carbocycles. The Balaban J connectivity index is 3.76. The van der Waals surface area contributed by atoms with Gasteiger partial charge in [0.2, 0.25) is 0 Å². The molecule has 0 radical (unpaired) electrons. The van der Waals surface area contributed by atoms with Crippen molar-refractivity contribution in [1.29, 1.82) is 0 Å². The van der Waals surface area contributed by atoms with Crippen molar-refractivity contribution in [3.05, 3.63) is 34.6 Å². The van der Waals surface area contributed by atoms with Gasteiger partial charge in [0.1, 0.15) is 0 Å². The third kappa shape index (κ3) is 6.21. The largest absolute Gasteiger partial charge is 0.533 e. The topological polar surface area (TPSA) is 55.4 Å². The van der Waals surface area contributed by atoms with E-state index in [0.717, 1.165) is 10.8 Å². The highest BCUT2D eigenvalue weighted by Crippen LogP contribution is 2.47. The summed E-state index contributed by atoms with van der Waals surface area (Å²) in [5.41, 5.74) is 2.08. The van der Waals surface area contributed by atoms with E-state index in [-0.39, 0.29) is 5.54 Å². The van der Waals surface area contributed by atoms with Gasteiger partial charge in [0, 0.05) is 44.8 Å². The molecule has 168 valence electrons. The van der Waals surface area contributed by atoms with Gasteiger partial charge in [-0.05, 0) is 61.0 Å². The van der Waals surface area contributed by atoms with Crippen LogP contribution in [0.2, 0.25) is 5.54 Å². The van der Waals surface area contributed by atoms with Crippen molar-refractivity contribution in [2.75, 3.05) is 39.6 Å². The Morgan fingerprint density at radius 1 is 0.724 bits per heavy atom. The van der Waals surface area contributed by atoms with Crippen LogP contribution >= 0.6 is 0 Å². The number of hydrogen-bond donors (Lipinski definition) is 0. The third-order valence-corrected chi connectivity index (χ3v) is 11.4. The van der Waals surface area contributed by atoms with E-state index < -0.39 is 17.6 Å². The molecule has 0 heterocycles. The van der Waals surface area contributed by atoms with E-state index >= 15 is 0 Å². The van der Waals surface area contributed by atoms with E-state index in [1.165, 1.54) is 5.57 Å². The van der Waals surface area contributed by atoms with E-state index in [4.69, 9.17) is 26.6 Å². The molecule has 8 heteroatoms. The number of allylic oxidation sites excluding steroid dienone is 6. The standard InChI is InChI=1S/C21H40O6Si2/c1-9-22-28(23-10-2,24-11-3)20-17-15-16-19(18(7)8)21(20)29(25-12-4,26-13-5)27-14-6/h15-17,21H,9-14H2,1-8H3. The highest BCUT2D eigenvalue weighted by Gasteiger charge is 2.60. The lowest BCUT2D eigenvalue weighted by Crippen LogP contribution is -2.58. The maximum atomic E-state index is 6.33. The molecule has 0 bridgehead atoms. The molecule has 6 nitrogen and oxygen atoms in total. The van der Waals surface area contributed by atoms with Gasteiger partial charge >= 0.3 is 17.6 Å². The highest BCUT2D eigenvalue weighted by atomic mass is 28.4. The second-order valence-electron chi connectivity index (χ2n) is 6.63. The van der Waals surface area contributed by atoms with E-state index in [9.17, 15) is 0 Å². The molecule has 29 heavy (non-hydrogen) atoms. The molecular formula is C21H40O6Si2. The van der Waals surface area contributed by atoms with Gasteiger partial charge in [0.25, 0.3) is 0 Å². The second-order valence-corrected chi connectivity index (χ2v) is 11.8. The fourth-order valence-corrected chi connectivity index (χ4v) is 10.6. The summed E-state index contributed by atoms with van der Waals surface area (Å²) in [5.74, 6) is 0. The van der Waals surface area contributed by atoms with Crippen LogP contribution in [0.25, 0.3) is 0 Å². The smallest absolute Gasteiger partial charge is 0.373 e. The molecule has 0 amide bonds. The van der Waals surface area contributed by atoms with Gasteiger partial charge in [-0.25, -0.2) is 0 Å². The van der Waals surface area contributed by atoms with Crippen molar-refractivity contribution in [3.63, 3.8) is 0 Å². The summed E-state index contributed by atoms with van der Waals surface area (Å²) >= 11 is 0. The van der Waals surface area contributed by atoms with Crippen LogP contribution in [0.3, 0.4) is 0 Å². The van der Waals surface area contributed by atoms with Gasteiger partial charge in [0.05, 0.1) is 5.54 Å². The van der Waals surface area contributed by atoms with Crippen LogP contribution in [0.1, 0.15) is 55.4 Å². The molecule has 1 aliphatic carbocycles. The Morgan fingerprint density at radius 3 is 1.48 bits per heavy atom. The molecule has 0 fully saturated rings. The molecule has 0 aromatic heterocycles. The zero-order chi connectivity index (χ0) is 21.9. The van der Waals surface area contributed by atoms with Crippen LogP contribution in [0.15, 0.2) is 34.6 Å². The van der Waals surface area contributed by atoms with E-state index in [1.54, 1.807) is 0 Å². The zero-order valence-corrected chi connectivity index (χ0v) is 21.5. The lowest BCUT2D eigenvalue weighted by atomic mass is 10.0. The fraction of sp³-hybridized carbons (Fsp3) is 0.714. The average Bonchev–Trinajstić information content (AvgIpc) is 2.68. The summed E-state index contributed by atoms with van der Waals surface area (Å²) in [6.07, 6.45) is 6.21. The van der Waals surface area contributed by atoms with Crippen molar-refractivity contribution in [1.82, 2.24) is 0 Å². The third-order valence-electron chi connectivity index (χ3n) is 4.50. The van der Waals surface area contributed by atoms with Crippen LogP contribution in [0.5, 0.6) is 0 Å². The molecule has 1 rings (SSSR count). The molecule has 1 atom stereocenters. The van der Waals surface area contributed by atoms with Crippen LogP contribution in [-0.4, -0.2) is 57.3 Å². The lowest BCUT2D eigenvalue weighted by Gasteiger charge is -2.42. The molecule has 0 aliphatic heterocycles. The van der Waals surface area contributed by atoms with Gasteiger partial charge in [-0.1, -0.05) is 23.8 Å². The minimum atomic E-state index is -3.17. The first-order chi connectivity index (χ1) is 13.9. The molecule has 0 saturated heterocycles. The maximum absolute atomic E-state index is 6.33. The monoisotopic (exact) mass is 444 g/mol. The van der Waals surface area contributed by atoms with E-state index in [2.05, 4.69) is 26.0 Å². The van der Waals surface area contributed by atoms with Crippen LogP contribution in [0.4, 0.5) is 0 Å². The molecular weight excluding hydrogens is 404 g/mol. The Labute approximate surface area is 179 Å². The van der Waals surface area contributed by atoms with E-state index in [0.29, 0.717) is 39.6 Å². The van der Waals surface area contributed by atoms with E-state index in [1.807, 2.05) is 47.6 Å². The molecule has 0 spiro atoms. The maximum Gasteiger partial charge on any atom is 0.533 e. The normalized spacial score (nSPS) is 17.6. The van der Waals surface area contributed by atoms with Gasteiger partial charge in [0.15, 0.2) is 0 Å². The minimum Gasteiger partial charge on any atom is -0.373 e. The van der Waals surface area contributed by atoms with Crippen LogP contribution < -0.4 is 0 Å². The summed E-state index contributed by atoms with van der Waals surface area (Å²) in [4.78, 5) is 0. The fourth-order valence-electron chi connectivity index (χ4n) is 3.65. The van der Waals surface area contributed by atoms with Crippen molar-refractivity contribution in [3.8, 4) is 0 Å². The first-order valence-corrected chi connectivity index (χ1v) is 14.3. The van der Waals surface area contributed by atoms with Gasteiger partial charge < -0.3 is 26.6 Å². The molecule has 0 N–H and O–H groups in total. The predicted octanol–water partition coefficient (Wildman–Crippen LogP) is 4.83. The quantitative estimate of drug-likeness (QED) is 0.358. The Hall–Kier alpha value is -0.586. The molecule has 1 unspecified atom stereocenters. The van der Waals surface area contributed by atoms with Crippen LogP contribution in [0, 0.1) is 0 Å². The first-order valence-electron chi connectivity index (χ1n) is 10.8. The van der Waals surface area contributed by atoms with Gasteiger partial charge in [-0.3, -0.25) is 0 Å². The van der Waals surface area contributed by atoms with Gasteiger partial charge in [-0.15, -0.1) is 0 Å². The summed E-state index contributed by atoms with van der Waals surface area (Å²) in [7, 11) is -6.34. The summed E-state index contributed by atoms with van der Waals surface area (Å²) < 4.78 is 37.8. The van der Waals surface area contributed by atoms with Crippen molar-refractivity contribution in [2.24, 2.45) is 0 Å². The van der Waals surface area contributed by atoms with Crippen molar-refractivity contribution >= 4 is 17.6 Å². The van der Waals surface area contributed by atoms with Crippen LogP contribution in [-0.2, 0) is 26.6 Å². The summed E-state index contributed by atoms with van der Waals surface area (Å²) in [5, 5.41) is 0.962. The summed E-state index contributed by atoms with van der Waals surface area (Å²) in [6, 6.07) is 0.